The number of carbonyl (C=O) groups is 1. The lowest BCUT2D eigenvalue weighted by molar-refractivity contribution is -0.137. The largest absolute Gasteiger partial charge is 0.378 e. The minimum atomic E-state index is -0.192. The molecule has 2 unspecified atom stereocenters. The summed E-state index contributed by atoms with van der Waals surface area (Å²) in [4.78, 5) is 14.8. The van der Waals surface area contributed by atoms with Crippen LogP contribution in [0.2, 0.25) is 5.02 Å². The fourth-order valence-electron chi connectivity index (χ4n) is 2.76. The molecule has 1 fully saturated rings. The van der Waals surface area contributed by atoms with Crippen LogP contribution in [-0.4, -0.2) is 37.1 Å². The van der Waals surface area contributed by atoms with Gasteiger partial charge < -0.3 is 9.64 Å². The molecule has 3 nitrogen and oxygen atoms in total. The van der Waals surface area contributed by atoms with E-state index in [9.17, 15) is 4.79 Å². The molecule has 0 aromatic heterocycles. The van der Waals surface area contributed by atoms with Crippen molar-refractivity contribution < 1.29 is 9.53 Å². The molecule has 0 radical (unpaired) electrons. The maximum Gasteiger partial charge on any atom is 0.230 e. The van der Waals surface area contributed by atoms with Gasteiger partial charge in [0.25, 0.3) is 0 Å². The van der Waals surface area contributed by atoms with Gasteiger partial charge in [-0.2, -0.15) is 0 Å². The highest BCUT2D eigenvalue weighted by molar-refractivity contribution is 6.30. The summed E-state index contributed by atoms with van der Waals surface area (Å²) in [5, 5.41) is 0.683. The van der Waals surface area contributed by atoms with Crippen molar-refractivity contribution in [2.45, 2.75) is 19.3 Å². The number of benzene rings is 1. The highest BCUT2D eigenvalue weighted by atomic mass is 35.5. The van der Waals surface area contributed by atoms with E-state index < -0.39 is 0 Å². The first-order valence-electron chi connectivity index (χ1n) is 7.42. The van der Waals surface area contributed by atoms with E-state index in [-0.39, 0.29) is 17.7 Å². The molecule has 1 saturated heterocycles. The second-order valence-corrected chi connectivity index (χ2v) is 5.71. The van der Waals surface area contributed by atoms with E-state index in [4.69, 9.17) is 16.3 Å². The van der Waals surface area contributed by atoms with E-state index in [1.54, 1.807) is 0 Å². The van der Waals surface area contributed by atoms with Crippen molar-refractivity contribution in [2.24, 2.45) is 5.92 Å². The molecule has 4 heteroatoms. The third kappa shape index (κ3) is 3.86. The van der Waals surface area contributed by atoms with Gasteiger partial charge >= 0.3 is 0 Å². The Morgan fingerprint density at radius 2 is 2.00 bits per heavy atom. The molecule has 114 valence electrons. The van der Waals surface area contributed by atoms with Crippen LogP contribution in [0.4, 0.5) is 0 Å². The van der Waals surface area contributed by atoms with Crippen LogP contribution in [0.5, 0.6) is 0 Å². The molecule has 0 aliphatic carbocycles. The van der Waals surface area contributed by atoms with Gasteiger partial charge in [0.1, 0.15) is 0 Å². The van der Waals surface area contributed by atoms with Crippen LogP contribution in [0.1, 0.15) is 24.8 Å². The normalized spacial score (nSPS) is 18.1. The Morgan fingerprint density at radius 1 is 1.38 bits per heavy atom. The van der Waals surface area contributed by atoms with E-state index in [0.29, 0.717) is 31.3 Å². The number of allylic oxidation sites excluding steroid dienone is 1. The number of halogens is 1. The maximum atomic E-state index is 12.9. The van der Waals surface area contributed by atoms with Gasteiger partial charge in [-0.15, -0.1) is 6.58 Å². The van der Waals surface area contributed by atoms with Crippen molar-refractivity contribution in [1.82, 2.24) is 4.90 Å². The molecule has 1 aliphatic heterocycles. The van der Waals surface area contributed by atoms with Crippen LogP contribution in [0.3, 0.4) is 0 Å². The van der Waals surface area contributed by atoms with Gasteiger partial charge in [0.05, 0.1) is 19.1 Å². The van der Waals surface area contributed by atoms with Crippen molar-refractivity contribution in [3.05, 3.63) is 47.5 Å². The summed E-state index contributed by atoms with van der Waals surface area (Å²) in [5.74, 6) is 0.0942. The lowest BCUT2D eigenvalue weighted by Crippen LogP contribution is -2.44. The summed E-state index contributed by atoms with van der Waals surface area (Å²) in [6, 6.07) is 7.56. The van der Waals surface area contributed by atoms with Crippen LogP contribution in [0.25, 0.3) is 0 Å². The summed E-state index contributed by atoms with van der Waals surface area (Å²) >= 11 is 5.96. The van der Waals surface area contributed by atoms with Crippen molar-refractivity contribution in [3.63, 3.8) is 0 Å². The number of carbonyl (C=O) groups excluding carboxylic acids is 1. The number of hydrogen-bond donors (Lipinski definition) is 0. The number of hydrogen-bond acceptors (Lipinski definition) is 2. The Bertz CT molecular complexity index is 480. The first kappa shape index (κ1) is 16.1. The molecule has 1 aromatic carbocycles. The average molecular weight is 308 g/mol. The van der Waals surface area contributed by atoms with Crippen molar-refractivity contribution in [1.29, 1.82) is 0 Å². The molecule has 2 rings (SSSR count). The Morgan fingerprint density at radius 3 is 2.52 bits per heavy atom. The van der Waals surface area contributed by atoms with Crippen LogP contribution >= 0.6 is 11.6 Å². The summed E-state index contributed by atoms with van der Waals surface area (Å²) < 4.78 is 5.33. The van der Waals surface area contributed by atoms with E-state index in [0.717, 1.165) is 12.0 Å². The van der Waals surface area contributed by atoms with Crippen LogP contribution in [0, 0.1) is 5.92 Å². The average Bonchev–Trinajstić information content (AvgIpc) is 2.54. The molecular formula is C17H22ClNO2. The zero-order valence-electron chi connectivity index (χ0n) is 12.4. The zero-order chi connectivity index (χ0) is 15.2. The Kier molecular flexibility index (Phi) is 5.83. The number of ether oxygens (including phenoxy) is 1. The minimum absolute atomic E-state index is 0.126. The fourth-order valence-corrected chi connectivity index (χ4v) is 2.89. The Hall–Kier alpha value is -1.32. The van der Waals surface area contributed by atoms with Gasteiger partial charge in [0, 0.05) is 18.1 Å². The second kappa shape index (κ2) is 7.62. The molecule has 2 atom stereocenters. The highest BCUT2D eigenvalue weighted by Crippen LogP contribution is 2.31. The van der Waals surface area contributed by atoms with Gasteiger partial charge in [-0.05, 0) is 30.0 Å². The molecule has 21 heavy (non-hydrogen) atoms. The summed E-state index contributed by atoms with van der Waals surface area (Å²) in [7, 11) is 0. The molecule has 0 saturated carbocycles. The van der Waals surface area contributed by atoms with Crippen LogP contribution in [-0.2, 0) is 9.53 Å². The van der Waals surface area contributed by atoms with E-state index in [1.165, 1.54) is 0 Å². The SMILES string of the molecule is C=CC(CC)C(C(=O)N1CCOCC1)c1ccc(Cl)cc1. The fraction of sp³-hybridized carbons (Fsp3) is 0.471. The molecule has 0 N–H and O–H groups in total. The van der Waals surface area contributed by atoms with Gasteiger partial charge in [0.15, 0.2) is 0 Å². The van der Waals surface area contributed by atoms with Crippen LogP contribution < -0.4 is 0 Å². The first-order chi connectivity index (χ1) is 10.2. The van der Waals surface area contributed by atoms with Crippen LogP contribution in [0.15, 0.2) is 36.9 Å². The zero-order valence-corrected chi connectivity index (χ0v) is 13.2. The molecule has 0 spiro atoms. The van der Waals surface area contributed by atoms with E-state index >= 15 is 0 Å². The van der Waals surface area contributed by atoms with Crippen molar-refractivity contribution in [2.75, 3.05) is 26.3 Å². The van der Waals surface area contributed by atoms with E-state index in [2.05, 4.69) is 13.5 Å². The molecular weight excluding hydrogens is 286 g/mol. The molecule has 0 bridgehead atoms. The standard InChI is InChI=1S/C17H22ClNO2/c1-3-13(4-2)16(14-5-7-15(18)8-6-14)17(20)19-9-11-21-12-10-19/h3,5-8,13,16H,1,4,9-12H2,2H3. The third-order valence-electron chi connectivity index (χ3n) is 4.02. The molecule has 1 heterocycles. The number of rotatable bonds is 5. The van der Waals surface area contributed by atoms with Gasteiger partial charge in [0.2, 0.25) is 5.91 Å². The smallest absolute Gasteiger partial charge is 0.230 e. The predicted molar refractivity (Wildman–Crippen MR) is 85.6 cm³/mol. The Labute approximate surface area is 131 Å². The maximum absolute atomic E-state index is 12.9. The first-order valence-corrected chi connectivity index (χ1v) is 7.79. The van der Waals surface area contributed by atoms with E-state index in [1.807, 2.05) is 35.2 Å². The third-order valence-corrected chi connectivity index (χ3v) is 4.27. The topological polar surface area (TPSA) is 29.5 Å². The predicted octanol–water partition coefficient (Wildman–Crippen LogP) is 3.49. The van der Waals surface area contributed by atoms with Crippen molar-refractivity contribution in [3.8, 4) is 0 Å². The summed E-state index contributed by atoms with van der Waals surface area (Å²) in [5.41, 5.74) is 1.00. The molecule has 1 aliphatic rings. The highest BCUT2D eigenvalue weighted by Gasteiger charge is 2.31. The van der Waals surface area contributed by atoms with Gasteiger partial charge in [-0.3, -0.25) is 4.79 Å². The monoisotopic (exact) mass is 307 g/mol. The lowest BCUT2D eigenvalue weighted by atomic mass is 9.83. The quantitative estimate of drug-likeness (QED) is 0.779. The lowest BCUT2D eigenvalue weighted by Gasteiger charge is -2.33. The van der Waals surface area contributed by atoms with Crippen molar-refractivity contribution >= 4 is 17.5 Å². The molecule has 1 amide bonds. The number of nitrogens with zero attached hydrogens (tertiary/aromatic N) is 1. The summed E-state index contributed by atoms with van der Waals surface area (Å²) in [6.07, 6.45) is 2.77. The minimum Gasteiger partial charge on any atom is -0.378 e. The number of morpholine rings is 1. The number of amides is 1. The second-order valence-electron chi connectivity index (χ2n) is 5.27. The van der Waals surface area contributed by atoms with Gasteiger partial charge in [-0.25, -0.2) is 0 Å². The molecule has 1 aromatic rings. The summed E-state index contributed by atoms with van der Waals surface area (Å²) in [6.45, 7) is 8.54. The van der Waals surface area contributed by atoms with Gasteiger partial charge in [-0.1, -0.05) is 36.7 Å². The Balaban J connectivity index is 2.28.